The molecule has 0 bridgehead atoms. The molecule has 3 nitrogen and oxygen atoms in total. The standard InChI is InChI=1S/C9H6F2O3/c10-6-1-5(2-7(11)4-6)3-8(12)9(13)14/h1-4,12H,(H,13,14). The molecular weight excluding hydrogens is 194 g/mol. The van der Waals surface area contributed by atoms with Crippen LogP contribution in [0.5, 0.6) is 0 Å². The first-order valence-corrected chi connectivity index (χ1v) is 3.59. The van der Waals surface area contributed by atoms with Crippen molar-refractivity contribution in [1.29, 1.82) is 0 Å². The van der Waals surface area contributed by atoms with Gasteiger partial charge in [0.1, 0.15) is 11.6 Å². The van der Waals surface area contributed by atoms with E-state index < -0.39 is 23.4 Å². The average molecular weight is 200 g/mol. The van der Waals surface area contributed by atoms with Crippen LogP contribution in [0.1, 0.15) is 5.56 Å². The van der Waals surface area contributed by atoms with E-state index in [-0.39, 0.29) is 5.56 Å². The fourth-order valence-electron chi connectivity index (χ4n) is 0.878. The van der Waals surface area contributed by atoms with Crippen LogP contribution in [-0.4, -0.2) is 16.2 Å². The number of halogens is 2. The van der Waals surface area contributed by atoms with Crippen molar-refractivity contribution in [1.82, 2.24) is 0 Å². The molecule has 0 amide bonds. The largest absolute Gasteiger partial charge is 0.502 e. The second-order valence-corrected chi connectivity index (χ2v) is 2.54. The second kappa shape index (κ2) is 3.87. The van der Waals surface area contributed by atoms with E-state index in [1.54, 1.807) is 0 Å². The third-order valence-corrected chi connectivity index (χ3v) is 1.41. The Morgan fingerprint density at radius 3 is 2.07 bits per heavy atom. The van der Waals surface area contributed by atoms with Gasteiger partial charge in [0.05, 0.1) is 0 Å². The van der Waals surface area contributed by atoms with Crippen molar-refractivity contribution in [3.8, 4) is 0 Å². The number of rotatable bonds is 2. The van der Waals surface area contributed by atoms with E-state index in [1.165, 1.54) is 0 Å². The fraction of sp³-hybridized carbons (Fsp3) is 0. The molecule has 0 aliphatic heterocycles. The van der Waals surface area contributed by atoms with Crippen LogP contribution in [0, 0.1) is 11.6 Å². The molecule has 0 aliphatic rings. The smallest absolute Gasteiger partial charge is 0.370 e. The molecule has 0 fully saturated rings. The molecule has 0 unspecified atom stereocenters. The van der Waals surface area contributed by atoms with Crippen LogP contribution in [-0.2, 0) is 4.79 Å². The summed E-state index contributed by atoms with van der Waals surface area (Å²) in [5.74, 6) is -4.21. The topological polar surface area (TPSA) is 57.5 Å². The van der Waals surface area contributed by atoms with Crippen LogP contribution < -0.4 is 0 Å². The Kier molecular flexibility index (Phi) is 2.81. The molecule has 74 valence electrons. The van der Waals surface area contributed by atoms with E-state index in [2.05, 4.69) is 0 Å². The molecule has 0 saturated carbocycles. The predicted octanol–water partition coefficient (Wildman–Crippen LogP) is 1.95. The van der Waals surface area contributed by atoms with Gasteiger partial charge in [0.15, 0.2) is 0 Å². The molecular formula is C9H6F2O3. The minimum absolute atomic E-state index is 0.0533. The lowest BCUT2D eigenvalue weighted by molar-refractivity contribution is -0.135. The highest BCUT2D eigenvalue weighted by atomic mass is 19.1. The molecule has 0 saturated heterocycles. The van der Waals surface area contributed by atoms with Gasteiger partial charge in [0, 0.05) is 6.07 Å². The van der Waals surface area contributed by atoms with Crippen molar-refractivity contribution >= 4 is 12.0 Å². The summed E-state index contributed by atoms with van der Waals surface area (Å²) < 4.78 is 25.2. The number of aliphatic hydroxyl groups excluding tert-OH is 1. The molecule has 0 aromatic heterocycles. The summed E-state index contributed by atoms with van der Waals surface area (Å²) in [6, 6.07) is 2.46. The highest BCUT2D eigenvalue weighted by Gasteiger charge is 2.05. The van der Waals surface area contributed by atoms with Crippen molar-refractivity contribution < 1.29 is 23.8 Å². The lowest BCUT2D eigenvalue weighted by Gasteiger charge is -1.96. The van der Waals surface area contributed by atoms with E-state index in [4.69, 9.17) is 10.2 Å². The number of carboxylic acids is 1. The van der Waals surface area contributed by atoms with Crippen molar-refractivity contribution in [3.63, 3.8) is 0 Å². The Bertz CT molecular complexity index is 379. The molecule has 0 spiro atoms. The third-order valence-electron chi connectivity index (χ3n) is 1.41. The minimum Gasteiger partial charge on any atom is -0.502 e. The van der Waals surface area contributed by atoms with Crippen molar-refractivity contribution in [3.05, 3.63) is 41.2 Å². The summed E-state index contributed by atoms with van der Waals surface area (Å²) in [5, 5.41) is 17.1. The summed E-state index contributed by atoms with van der Waals surface area (Å²) >= 11 is 0. The quantitative estimate of drug-likeness (QED) is 0.566. The van der Waals surface area contributed by atoms with Gasteiger partial charge in [-0.25, -0.2) is 13.6 Å². The molecule has 1 rings (SSSR count). The van der Waals surface area contributed by atoms with Gasteiger partial charge in [0.25, 0.3) is 0 Å². The molecule has 0 atom stereocenters. The highest BCUT2D eigenvalue weighted by Crippen LogP contribution is 2.10. The Morgan fingerprint density at radius 1 is 1.14 bits per heavy atom. The first-order chi connectivity index (χ1) is 6.49. The number of carbonyl (C=O) groups is 1. The van der Waals surface area contributed by atoms with Gasteiger partial charge in [0.2, 0.25) is 5.76 Å². The van der Waals surface area contributed by atoms with E-state index in [0.29, 0.717) is 6.07 Å². The van der Waals surface area contributed by atoms with Crippen LogP contribution in [0.2, 0.25) is 0 Å². The van der Waals surface area contributed by atoms with Crippen molar-refractivity contribution in [2.45, 2.75) is 0 Å². The van der Waals surface area contributed by atoms with E-state index in [1.807, 2.05) is 0 Å². The Balaban J connectivity index is 3.08. The molecule has 0 heterocycles. The van der Waals surface area contributed by atoms with Crippen molar-refractivity contribution in [2.75, 3.05) is 0 Å². The molecule has 0 aliphatic carbocycles. The van der Waals surface area contributed by atoms with Crippen LogP contribution in [0.25, 0.3) is 6.08 Å². The van der Waals surface area contributed by atoms with Gasteiger partial charge in [-0.05, 0) is 23.8 Å². The molecule has 1 aromatic carbocycles. The van der Waals surface area contributed by atoms with E-state index >= 15 is 0 Å². The molecule has 2 N–H and O–H groups in total. The zero-order chi connectivity index (χ0) is 10.7. The number of aliphatic carboxylic acids is 1. The summed E-state index contributed by atoms with van der Waals surface area (Å²) in [6.45, 7) is 0. The second-order valence-electron chi connectivity index (χ2n) is 2.54. The average Bonchev–Trinajstić information content (AvgIpc) is 2.01. The first kappa shape index (κ1) is 10.2. The Morgan fingerprint density at radius 2 is 1.64 bits per heavy atom. The number of carboxylic acid groups (broad SMARTS) is 1. The van der Waals surface area contributed by atoms with E-state index in [9.17, 15) is 13.6 Å². The SMILES string of the molecule is O=C(O)C(O)=Cc1cc(F)cc(F)c1. The Hall–Kier alpha value is -1.91. The number of aliphatic hydroxyl groups is 1. The van der Waals surface area contributed by atoms with Crippen LogP contribution >= 0.6 is 0 Å². The van der Waals surface area contributed by atoms with Gasteiger partial charge in [-0.1, -0.05) is 0 Å². The summed E-state index contributed by atoms with van der Waals surface area (Å²) in [7, 11) is 0. The van der Waals surface area contributed by atoms with Gasteiger partial charge >= 0.3 is 5.97 Å². The van der Waals surface area contributed by atoms with Crippen LogP contribution in [0.3, 0.4) is 0 Å². The lowest BCUT2D eigenvalue weighted by Crippen LogP contribution is -1.98. The summed E-state index contributed by atoms with van der Waals surface area (Å²) in [5.41, 5.74) is -0.0533. The van der Waals surface area contributed by atoms with Gasteiger partial charge < -0.3 is 10.2 Å². The number of hydrogen-bond acceptors (Lipinski definition) is 2. The maximum Gasteiger partial charge on any atom is 0.370 e. The molecule has 1 aromatic rings. The number of hydrogen-bond donors (Lipinski definition) is 2. The van der Waals surface area contributed by atoms with Crippen molar-refractivity contribution in [2.24, 2.45) is 0 Å². The van der Waals surface area contributed by atoms with Crippen LogP contribution in [0.15, 0.2) is 24.0 Å². The maximum atomic E-state index is 12.6. The monoisotopic (exact) mass is 200 g/mol. The number of benzene rings is 1. The van der Waals surface area contributed by atoms with Gasteiger partial charge in [-0.3, -0.25) is 0 Å². The minimum atomic E-state index is -1.56. The Labute approximate surface area is 77.9 Å². The maximum absolute atomic E-state index is 12.6. The highest BCUT2D eigenvalue weighted by molar-refractivity contribution is 5.89. The fourth-order valence-corrected chi connectivity index (χ4v) is 0.878. The third kappa shape index (κ3) is 2.55. The normalized spacial score (nSPS) is 11.4. The first-order valence-electron chi connectivity index (χ1n) is 3.59. The molecule has 5 heteroatoms. The zero-order valence-corrected chi connectivity index (χ0v) is 6.87. The summed E-state index contributed by atoms with van der Waals surface area (Å²) in [6.07, 6.45) is 0.758. The van der Waals surface area contributed by atoms with Gasteiger partial charge in [-0.15, -0.1) is 0 Å². The lowest BCUT2D eigenvalue weighted by atomic mass is 10.2. The zero-order valence-electron chi connectivity index (χ0n) is 6.87. The molecule has 14 heavy (non-hydrogen) atoms. The van der Waals surface area contributed by atoms with Crippen LogP contribution in [0.4, 0.5) is 8.78 Å². The predicted molar refractivity (Wildman–Crippen MR) is 44.6 cm³/mol. The molecule has 0 radical (unpaired) electrons. The van der Waals surface area contributed by atoms with E-state index in [0.717, 1.165) is 18.2 Å². The summed E-state index contributed by atoms with van der Waals surface area (Å²) in [4.78, 5) is 10.2. The van der Waals surface area contributed by atoms with Gasteiger partial charge in [-0.2, -0.15) is 0 Å².